The molecule has 2 N–H and O–H groups in total. The fourth-order valence-corrected chi connectivity index (χ4v) is 2.10. The SMILES string of the molecule is Cc1ccccc1OCC(=O)NCCCc1ccc(O)cc1. The van der Waals surface area contributed by atoms with Crippen LogP contribution in [-0.2, 0) is 11.2 Å². The molecule has 0 saturated carbocycles. The highest BCUT2D eigenvalue weighted by atomic mass is 16.5. The molecule has 0 atom stereocenters. The number of aromatic hydroxyl groups is 1. The number of nitrogens with one attached hydrogen (secondary N) is 1. The molecule has 2 rings (SSSR count). The van der Waals surface area contributed by atoms with Crippen molar-refractivity contribution >= 4 is 5.91 Å². The first kappa shape index (κ1) is 15.9. The van der Waals surface area contributed by atoms with E-state index in [2.05, 4.69) is 5.32 Å². The summed E-state index contributed by atoms with van der Waals surface area (Å²) in [5, 5.41) is 12.0. The van der Waals surface area contributed by atoms with E-state index in [1.807, 2.05) is 43.3 Å². The third kappa shape index (κ3) is 5.13. The van der Waals surface area contributed by atoms with Crippen LogP contribution in [0.2, 0.25) is 0 Å². The highest BCUT2D eigenvalue weighted by Crippen LogP contribution is 2.15. The average molecular weight is 299 g/mol. The molecule has 1 amide bonds. The van der Waals surface area contributed by atoms with E-state index in [0.29, 0.717) is 6.54 Å². The summed E-state index contributed by atoms with van der Waals surface area (Å²) >= 11 is 0. The molecule has 4 heteroatoms. The van der Waals surface area contributed by atoms with E-state index in [1.54, 1.807) is 12.1 Å². The van der Waals surface area contributed by atoms with E-state index in [4.69, 9.17) is 4.74 Å². The smallest absolute Gasteiger partial charge is 0.257 e. The van der Waals surface area contributed by atoms with Gasteiger partial charge in [0.1, 0.15) is 11.5 Å². The molecule has 116 valence electrons. The zero-order valence-corrected chi connectivity index (χ0v) is 12.7. The minimum Gasteiger partial charge on any atom is -0.508 e. The van der Waals surface area contributed by atoms with Gasteiger partial charge in [-0.25, -0.2) is 0 Å². The fraction of sp³-hybridized carbons (Fsp3) is 0.278. The molecule has 0 radical (unpaired) electrons. The summed E-state index contributed by atoms with van der Waals surface area (Å²) < 4.78 is 5.49. The summed E-state index contributed by atoms with van der Waals surface area (Å²) in [7, 11) is 0. The fourth-order valence-electron chi connectivity index (χ4n) is 2.10. The number of para-hydroxylation sites is 1. The summed E-state index contributed by atoms with van der Waals surface area (Å²) in [4.78, 5) is 11.7. The number of ether oxygens (including phenoxy) is 1. The van der Waals surface area contributed by atoms with Crippen LogP contribution in [0, 0.1) is 6.92 Å². The Kier molecular flexibility index (Phi) is 5.83. The molecule has 0 aliphatic heterocycles. The third-order valence-electron chi connectivity index (χ3n) is 3.35. The second-order valence-electron chi connectivity index (χ2n) is 5.17. The molecule has 0 saturated heterocycles. The van der Waals surface area contributed by atoms with Crippen LogP contribution in [0.1, 0.15) is 17.5 Å². The maximum atomic E-state index is 11.7. The summed E-state index contributed by atoms with van der Waals surface area (Å²) in [6, 6.07) is 14.7. The molecule has 22 heavy (non-hydrogen) atoms. The van der Waals surface area contributed by atoms with Gasteiger partial charge in [-0.15, -0.1) is 0 Å². The zero-order chi connectivity index (χ0) is 15.8. The van der Waals surface area contributed by atoms with Crippen molar-refractivity contribution in [3.63, 3.8) is 0 Å². The molecule has 0 fully saturated rings. The normalized spacial score (nSPS) is 10.2. The predicted molar refractivity (Wildman–Crippen MR) is 86.1 cm³/mol. The number of hydrogen-bond donors (Lipinski definition) is 2. The highest BCUT2D eigenvalue weighted by molar-refractivity contribution is 5.77. The van der Waals surface area contributed by atoms with Crippen molar-refractivity contribution in [3.8, 4) is 11.5 Å². The van der Waals surface area contributed by atoms with Crippen molar-refractivity contribution in [2.45, 2.75) is 19.8 Å². The van der Waals surface area contributed by atoms with Gasteiger partial charge < -0.3 is 15.2 Å². The van der Waals surface area contributed by atoms with Crippen LogP contribution >= 0.6 is 0 Å². The maximum Gasteiger partial charge on any atom is 0.257 e. The summed E-state index contributed by atoms with van der Waals surface area (Å²) in [5.74, 6) is 0.890. The van der Waals surface area contributed by atoms with Gasteiger partial charge in [-0.05, 0) is 49.1 Å². The lowest BCUT2D eigenvalue weighted by Crippen LogP contribution is -2.30. The van der Waals surface area contributed by atoms with Crippen LogP contribution in [0.15, 0.2) is 48.5 Å². The number of phenols is 1. The van der Waals surface area contributed by atoms with Gasteiger partial charge in [0, 0.05) is 6.54 Å². The van der Waals surface area contributed by atoms with E-state index in [1.165, 1.54) is 0 Å². The Hall–Kier alpha value is -2.49. The highest BCUT2D eigenvalue weighted by Gasteiger charge is 2.04. The van der Waals surface area contributed by atoms with Crippen molar-refractivity contribution in [1.29, 1.82) is 0 Å². The third-order valence-corrected chi connectivity index (χ3v) is 3.35. The Morgan fingerprint density at radius 1 is 1.14 bits per heavy atom. The molecular weight excluding hydrogens is 278 g/mol. The maximum absolute atomic E-state index is 11.7. The quantitative estimate of drug-likeness (QED) is 0.773. The van der Waals surface area contributed by atoms with Gasteiger partial charge in [-0.1, -0.05) is 30.3 Å². The number of benzene rings is 2. The summed E-state index contributed by atoms with van der Waals surface area (Å²) in [5.41, 5.74) is 2.16. The van der Waals surface area contributed by atoms with Gasteiger partial charge in [-0.2, -0.15) is 0 Å². The molecule has 0 heterocycles. The second-order valence-corrected chi connectivity index (χ2v) is 5.17. The molecule has 4 nitrogen and oxygen atoms in total. The summed E-state index contributed by atoms with van der Waals surface area (Å²) in [6.07, 6.45) is 1.71. The lowest BCUT2D eigenvalue weighted by atomic mass is 10.1. The zero-order valence-electron chi connectivity index (χ0n) is 12.7. The topological polar surface area (TPSA) is 58.6 Å². The van der Waals surface area contributed by atoms with Crippen LogP contribution in [0.3, 0.4) is 0 Å². The molecule has 0 aliphatic rings. The molecule has 2 aromatic rings. The van der Waals surface area contributed by atoms with Crippen molar-refractivity contribution in [2.75, 3.05) is 13.2 Å². The van der Waals surface area contributed by atoms with Crippen molar-refractivity contribution in [1.82, 2.24) is 5.32 Å². The Balaban J connectivity index is 1.64. The lowest BCUT2D eigenvalue weighted by Gasteiger charge is -2.09. The van der Waals surface area contributed by atoms with Gasteiger partial charge in [0.25, 0.3) is 5.91 Å². The van der Waals surface area contributed by atoms with Gasteiger partial charge in [0.05, 0.1) is 0 Å². The Labute approximate surface area is 130 Å². The van der Waals surface area contributed by atoms with Gasteiger partial charge in [0.15, 0.2) is 6.61 Å². The predicted octanol–water partition coefficient (Wildman–Crippen LogP) is 2.83. The van der Waals surface area contributed by atoms with Crippen LogP contribution < -0.4 is 10.1 Å². The van der Waals surface area contributed by atoms with E-state index in [-0.39, 0.29) is 18.3 Å². The number of carbonyl (C=O) groups is 1. The molecule has 0 aromatic heterocycles. The van der Waals surface area contributed by atoms with E-state index < -0.39 is 0 Å². The van der Waals surface area contributed by atoms with E-state index >= 15 is 0 Å². The van der Waals surface area contributed by atoms with E-state index in [0.717, 1.165) is 29.7 Å². The number of hydrogen-bond acceptors (Lipinski definition) is 3. The van der Waals surface area contributed by atoms with Gasteiger partial charge >= 0.3 is 0 Å². The number of aryl methyl sites for hydroxylation is 2. The van der Waals surface area contributed by atoms with Crippen molar-refractivity contribution in [2.24, 2.45) is 0 Å². The first-order valence-corrected chi connectivity index (χ1v) is 7.38. The standard InChI is InChI=1S/C18H21NO3/c1-14-5-2-3-7-17(14)22-13-18(21)19-12-4-6-15-8-10-16(20)11-9-15/h2-3,5,7-11,20H,4,6,12-13H2,1H3,(H,19,21). The molecule has 0 aliphatic carbocycles. The number of carbonyl (C=O) groups excluding carboxylic acids is 1. The Bertz CT molecular complexity index is 608. The van der Waals surface area contributed by atoms with Crippen LogP contribution in [0.5, 0.6) is 11.5 Å². The molecule has 0 spiro atoms. The van der Waals surface area contributed by atoms with Crippen molar-refractivity contribution in [3.05, 3.63) is 59.7 Å². The molecular formula is C18H21NO3. The summed E-state index contributed by atoms with van der Waals surface area (Å²) in [6.45, 7) is 2.59. The Morgan fingerprint density at radius 2 is 1.86 bits per heavy atom. The van der Waals surface area contributed by atoms with Crippen LogP contribution in [0.25, 0.3) is 0 Å². The van der Waals surface area contributed by atoms with Gasteiger partial charge in [-0.3, -0.25) is 4.79 Å². The minimum atomic E-state index is -0.117. The largest absolute Gasteiger partial charge is 0.508 e. The molecule has 2 aromatic carbocycles. The number of rotatable bonds is 7. The minimum absolute atomic E-state index is 0.0318. The van der Waals surface area contributed by atoms with Crippen LogP contribution in [0.4, 0.5) is 0 Å². The number of amides is 1. The van der Waals surface area contributed by atoms with E-state index in [9.17, 15) is 9.90 Å². The first-order valence-electron chi connectivity index (χ1n) is 7.38. The average Bonchev–Trinajstić information content (AvgIpc) is 2.52. The van der Waals surface area contributed by atoms with Crippen LogP contribution in [-0.4, -0.2) is 24.2 Å². The monoisotopic (exact) mass is 299 g/mol. The molecule has 0 bridgehead atoms. The second kappa shape index (κ2) is 8.08. The number of phenolic OH excluding ortho intramolecular Hbond substituents is 1. The van der Waals surface area contributed by atoms with Gasteiger partial charge in [0.2, 0.25) is 0 Å². The van der Waals surface area contributed by atoms with Crippen molar-refractivity contribution < 1.29 is 14.6 Å². The Morgan fingerprint density at radius 3 is 2.59 bits per heavy atom. The first-order chi connectivity index (χ1) is 10.6. The molecule has 0 unspecified atom stereocenters. The lowest BCUT2D eigenvalue weighted by molar-refractivity contribution is -0.123.